The van der Waals surface area contributed by atoms with Crippen LogP contribution in [0.4, 0.5) is 0 Å². The number of rotatable bonds is 3. The van der Waals surface area contributed by atoms with E-state index in [9.17, 15) is 4.79 Å². The zero-order valence-corrected chi connectivity index (χ0v) is 14.3. The minimum atomic E-state index is -0.177. The van der Waals surface area contributed by atoms with E-state index in [1.54, 1.807) is 39.7 Å². The first-order valence-electron chi connectivity index (χ1n) is 7.33. The maximum Gasteiger partial charge on any atom is 0.266 e. The summed E-state index contributed by atoms with van der Waals surface area (Å²) in [6.07, 6.45) is 3.26. The van der Waals surface area contributed by atoms with Crippen molar-refractivity contribution in [2.45, 2.75) is 12.1 Å². The summed E-state index contributed by atoms with van der Waals surface area (Å²) < 4.78 is 3.15. The third-order valence-corrected chi connectivity index (χ3v) is 4.53. The molecule has 0 amide bonds. The van der Waals surface area contributed by atoms with Gasteiger partial charge in [-0.2, -0.15) is 9.50 Å². The molecule has 0 bridgehead atoms. The average molecular weight is 358 g/mol. The summed E-state index contributed by atoms with van der Waals surface area (Å²) in [6.45, 7) is 2.03. The molecule has 6 nitrogen and oxygen atoms in total. The zero-order chi connectivity index (χ0) is 16.7. The van der Waals surface area contributed by atoms with E-state index in [1.807, 2.05) is 19.1 Å². The van der Waals surface area contributed by atoms with Gasteiger partial charge >= 0.3 is 0 Å². The fourth-order valence-corrected chi connectivity index (χ4v) is 3.25. The van der Waals surface area contributed by atoms with Crippen LogP contribution in [0.5, 0.6) is 0 Å². The van der Waals surface area contributed by atoms with Crippen molar-refractivity contribution >= 4 is 40.0 Å². The Labute approximate surface area is 146 Å². The Morgan fingerprint density at radius 2 is 2.17 bits per heavy atom. The first kappa shape index (κ1) is 15.2. The fraction of sp³-hybridized carbons (Fsp3) is 0.125. The third kappa shape index (κ3) is 2.46. The number of pyridine rings is 1. The van der Waals surface area contributed by atoms with Crippen LogP contribution < -0.4 is 5.56 Å². The Kier molecular flexibility index (Phi) is 3.74. The van der Waals surface area contributed by atoms with Crippen LogP contribution in [0, 0.1) is 0 Å². The van der Waals surface area contributed by atoms with E-state index in [2.05, 4.69) is 15.1 Å². The van der Waals surface area contributed by atoms with Crippen LogP contribution in [0.15, 0.2) is 52.7 Å². The smallest absolute Gasteiger partial charge is 0.266 e. The molecule has 8 heteroatoms. The summed E-state index contributed by atoms with van der Waals surface area (Å²) in [5.74, 6) is 1.36. The normalized spacial score (nSPS) is 11.4. The second-order valence-electron chi connectivity index (χ2n) is 5.07. The SMILES string of the molecule is CCSc1nc2ncc3c(=O)n(-c4cccc(Cl)c4)ccc3n2n1. The second-order valence-corrected chi connectivity index (χ2v) is 6.73. The quantitative estimate of drug-likeness (QED) is 0.527. The minimum absolute atomic E-state index is 0.177. The van der Waals surface area contributed by atoms with Crippen LogP contribution in [0.25, 0.3) is 22.4 Å². The fourth-order valence-electron chi connectivity index (χ4n) is 2.52. The van der Waals surface area contributed by atoms with E-state index >= 15 is 0 Å². The van der Waals surface area contributed by atoms with Crippen LogP contribution in [0.2, 0.25) is 5.02 Å². The Hall–Kier alpha value is -2.38. The van der Waals surface area contributed by atoms with E-state index < -0.39 is 0 Å². The van der Waals surface area contributed by atoms with Crippen LogP contribution in [0.1, 0.15) is 6.92 Å². The zero-order valence-electron chi connectivity index (χ0n) is 12.7. The largest absolute Gasteiger partial charge is 0.284 e. The van der Waals surface area contributed by atoms with Crippen LogP contribution in [0.3, 0.4) is 0 Å². The molecule has 120 valence electrons. The van der Waals surface area contributed by atoms with Gasteiger partial charge in [0.1, 0.15) is 0 Å². The van der Waals surface area contributed by atoms with Gasteiger partial charge in [-0.05, 0) is 30.0 Å². The first-order chi connectivity index (χ1) is 11.7. The Morgan fingerprint density at radius 1 is 1.29 bits per heavy atom. The van der Waals surface area contributed by atoms with Gasteiger partial charge in [0.05, 0.1) is 16.6 Å². The number of aromatic nitrogens is 5. The van der Waals surface area contributed by atoms with Crippen molar-refractivity contribution in [1.29, 1.82) is 0 Å². The van der Waals surface area contributed by atoms with Crippen LogP contribution >= 0.6 is 23.4 Å². The summed E-state index contributed by atoms with van der Waals surface area (Å²) in [4.78, 5) is 21.4. The third-order valence-electron chi connectivity index (χ3n) is 3.57. The molecule has 0 saturated carbocycles. The molecule has 0 fully saturated rings. The monoisotopic (exact) mass is 357 g/mol. The number of fused-ring (bicyclic) bond motifs is 3. The molecule has 0 aliphatic rings. The van der Waals surface area contributed by atoms with Gasteiger partial charge in [0.15, 0.2) is 0 Å². The van der Waals surface area contributed by atoms with E-state index in [0.29, 0.717) is 32.5 Å². The molecular weight excluding hydrogens is 346 g/mol. The molecule has 1 aromatic carbocycles. The highest BCUT2D eigenvalue weighted by Gasteiger charge is 2.12. The molecule has 4 aromatic rings. The molecule has 0 N–H and O–H groups in total. The summed E-state index contributed by atoms with van der Waals surface area (Å²) in [7, 11) is 0. The van der Waals surface area contributed by atoms with Crippen molar-refractivity contribution in [3.63, 3.8) is 0 Å². The molecule has 0 spiro atoms. The first-order valence-corrected chi connectivity index (χ1v) is 8.69. The van der Waals surface area contributed by atoms with E-state index in [1.165, 1.54) is 11.8 Å². The molecule has 0 unspecified atom stereocenters. The molecule has 3 aromatic heterocycles. The van der Waals surface area contributed by atoms with Gasteiger partial charge < -0.3 is 0 Å². The van der Waals surface area contributed by atoms with Crippen molar-refractivity contribution in [2.75, 3.05) is 5.75 Å². The topological polar surface area (TPSA) is 65.1 Å². The summed E-state index contributed by atoms with van der Waals surface area (Å²) >= 11 is 7.56. The van der Waals surface area contributed by atoms with Gasteiger partial charge in [0.25, 0.3) is 11.3 Å². The van der Waals surface area contributed by atoms with Crippen LogP contribution in [-0.4, -0.2) is 29.9 Å². The number of halogens is 1. The van der Waals surface area contributed by atoms with Crippen molar-refractivity contribution < 1.29 is 0 Å². The maximum atomic E-state index is 12.8. The summed E-state index contributed by atoms with van der Waals surface area (Å²) in [5, 5.41) is 6.12. The van der Waals surface area contributed by atoms with E-state index in [-0.39, 0.29) is 5.56 Å². The van der Waals surface area contributed by atoms with Crippen molar-refractivity contribution in [3.05, 3.63) is 58.1 Å². The summed E-state index contributed by atoms with van der Waals surface area (Å²) in [5.41, 5.74) is 1.21. The van der Waals surface area contributed by atoms with Gasteiger partial charge in [0.2, 0.25) is 5.16 Å². The highest BCUT2D eigenvalue weighted by atomic mass is 35.5. The predicted octanol–water partition coefficient (Wildman–Crippen LogP) is 3.19. The minimum Gasteiger partial charge on any atom is -0.284 e. The number of hydrogen-bond acceptors (Lipinski definition) is 5. The maximum absolute atomic E-state index is 12.8. The molecular formula is C16H12ClN5OS. The van der Waals surface area contributed by atoms with Crippen molar-refractivity contribution in [3.8, 4) is 5.69 Å². The molecule has 4 rings (SSSR count). The lowest BCUT2D eigenvalue weighted by molar-refractivity contribution is 0.903. The molecule has 0 saturated heterocycles. The highest BCUT2D eigenvalue weighted by molar-refractivity contribution is 7.99. The Bertz CT molecular complexity index is 1120. The van der Waals surface area contributed by atoms with Crippen molar-refractivity contribution in [1.82, 2.24) is 24.1 Å². The molecule has 3 heterocycles. The number of nitrogens with zero attached hydrogens (tertiary/aromatic N) is 5. The lowest BCUT2D eigenvalue weighted by atomic mass is 10.2. The van der Waals surface area contributed by atoms with Gasteiger partial charge in [0, 0.05) is 17.4 Å². The standard InChI is InChI=1S/C16H12ClN5OS/c1-2-24-16-19-15-18-9-12-13(22(15)20-16)6-7-21(14(12)23)11-5-3-4-10(17)8-11/h3-9H,2H2,1H3. The lowest BCUT2D eigenvalue weighted by Gasteiger charge is -2.07. The Morgan fingerprint density at radius 3 is 2.96 bits per heavy atom. The second kappa shape index (κ2) is 5.92. The van der Waals surface area contributed by atoms with E-state index in [4.69, 9.17) is 11.6 Å². The predicted molar refractivity (Wildman–Crippen MR) is 95.3 cm³/mol. The number of benzene rings is 1. The van der Waals surface area contributed by atoms with Gasteiger partial charge in [-0.15, -0.1) is 5.10 Å². The Balaban J connectivity index is 1.96. The van der Waals surface area contributed by atoms with Gasteiger partial charge in [-0.3, -0.25) is 9.36 Å². The average Bonchev–Trinajstić information content (AvgIpc) is 2.98. The molecule has 24 heavy (non-hydrogen) atoms. The molecule has 0 aliphatic heterocycles. The molecule has 0 aliphatic carbocycles. The molecule has 0 radical (unpaired) electrons. The van der Waals surface area contributed by atoms with Crippen molar-refractivity contribution in [2.24, 2.45) is 0 Å². The number of hydrogen-bond donors (Lipinski definition) is 0. The van der Waals surface area contributed by atoms with E-state index in [0.717, 1.165) is 5.75 Å². The van der Waals surface area contributed by atoms with Gasteiger partial charge in [-0.1, -0.05) is 36.4 Å². The lowest BCUT2D eigenvalue weighted by Crippen LogP contribution is -2.18. The van der Waals surface area contributed by atoms with Gasteiger partial charge in [-0.25, -0.2) is 4.98 Å². The summed E-state index contributed by atoms with van der Waals surface area (Å²) in [6, 6.07) is 8.98. The van der Waals surface area contributed by atoms with Crippen LogP contribution in [-0.2, 0) is 0 Å². The molecule has 0 atom stereocenters. The number of thioether (sulfide) groups is 1. The highest BCUT2D eigenvalue weighted by Crippen LogP contribution is 2.18.